The predicted molar refractivity (Wildman–Crippen MR) is 86.7 cm³/mol. The van der Waals surface area contributed by atoms with Crippen LogP contribution in [0.2, 0.25) is 0 Å². The fourth-order valence-corrected chi connectivity index (χ4v) is 3.19. The Morgan fingerprint density at radius 1 is 1.00 bits per heavy atom. The molecular weight excluding hydrogens is 258 g/mol. The lowest BCUT2D eigenvalue weighted by atomic mass is 9.86. The number of anilines is 2. The second-order valence-corrected chi connectivity index (χ2v) is 5.66. The first kappa shape index (κ1) is 12.1. The highest BCUT2D eigenvalue weighted by atomic mass is 15.1. The van der Waals surface area contributed by atoms with Crippen LogP contribution in [0.15, 0.2) is 66.9 Å². The number of rotatable bonds is 1. The number of hydrogen-bond acceptors (Lipinski definition) is 2. The highest BCUT2D eigenvalue weighted by Crippen LogP contribution is 2.41. The van der Waals surface area contributed by atoms with Crippen LogP contribution in [0, 0.1) is 0 Å². The van der Waals surface area contributed by atoms with Crippen LogP contribution in [0.1, 0.15) is 18.2 Å². The van der Waals surface area contributed by atoms with Crippen LogP contribution in [0.3, 0.4) is 0 Å². The maximum atomic E-state index is 5.98. The van der Waals surface area contributed by atoms with Gasteiger partial charge in [0.15, 0.2) is 0 Å². The fraction of sp³-hybridized carbons (Fsp3) is 0.111. The number of nitrogens with two attached hydrogens (primary N) is 1. The Hall–Kier alpha value is -2.68. The summed E-state index contributed by atoms with van der Waals surface area (Å²) in [7, 11) is 0. The van der Waals surface area contributed by atoms with E-state index in [1.54, 1.807) is 0 Å². The number of para-hydroxylation sites is 2. The van der Waals surface area contributed by atoms with E-state index < -0.39 is 0 Å². The Bertz CT molecular complexity index is 819. The van der Waals surface area contributed by atoms with Crippen LogP contribution in [-0.2, 0) is 5.54 Å². The molecule has 1 atom stereocenters. The van der Waals surface area contributed by atoms with E-state index in [2.05, 4.69) is 65.5 Å². The minimum atomic E-state index is -0.298. The Kier molecular flexibility index (Phi) is 2.39. The first-order chi connectivity index (χ1) is 10.2. The first-order valence-corrected chi connectivity index (χ1v) is 7.10. The summed E-state index contributed by atoms with van der Waals surface area (Å²) in [5.41, 5.74) is 11.2. The summed E-state index contributed by atoms with van der Waals surface area (Å²) in [5, 5.41) is 3.68. The van der Waals surface area contributed by atoms with Crippen molar-refractivity contribution in [2.45, 2.75) is 12.5 Å². The van der Waals surface area contributed by atoms with Crippen molar-refractivity contribution >= 4 is 11.4 Å². The van der Waals surface area contributed by atoms with E-state index in [1.807, 2.05) is 18.2 Å². The molecule has 3 nitrogen and oxygen atoms in total. The normalized spacial score (nSPS) is 19.5. The Morgan fingerprint density at radius 3 is 2.71 bits per heavy atom. The second kappa shape index (κ2) is 4.16. The zero-order valence-corrected chi connectivity index (χ0v) is 11.9. The van der Waals surface area contributed by atoms with Crippen molar-refractivity contribution in [2.24, 2.45) is 0 Å². The molecule has 21 heavy (non-hydrogen) atoms. The van der Waals surface area contributed by atoms with Crippen molar-refractivity contribution in [3.05, 3.63) is 78.1 Å². The van der Waals surface area contributed by atoms with Gasteiger partial charge in [0.1, 0.15) is 5.54 Å². The smallest absolute Gasteiger partial charge is 0.101 e. The van der Waals surface area contributed by atoms with Gasteiger partial charge in [-0.25, -0.2) is 0 Å². The third kappa shape index (κ3) is 1.67. The molecule has 1 aliphatic rings. The number of fused-ring (bicyclic) bond motifs is 3. The SMILES string of the molecule is CC1(c2cccc(N)c2)Nc2ccccc2-n2cccc21. The van der Waals surface area contributed by atoms with Gasteiger partial charge in [0.05, 0.1) is 17.1 Å². The lowest BCUT2D eigenvalue weighted by Crippen LogP contribution is -2.38. The number of hydrogen-bond donors (Lipinski definition) is 2. The van der Waals surface area contributed by atoms with E-state index in [1.165, 1.54) is 11.4 Å². The predicted octanol–water partition coefficient (Wildman–Crippen LogP) is 3.75. The molecule has 1 unspecified atom stereocenters. The highest BCUT2D eigenvalue weighted by Gasteiger charge is 2.36. The molecule has 0 bridgehead atoms. The molecule has 4 rings (SSSR count). The van der Waals surface area contributed by atoms with Gasteiger partial charge in [-0.05, 0) is 48.9 Å². The van der Waals surface area contributed by atoms with Gasteiger partial charge in [-0.1, -0.05) is 24.3 Å². The minimum Gasteiger partial charge on any atom is -0.399 e. The van der Waals surface area contributed by atoms with Crippen LogP contribution < -0.4 is 11.1 Å². The van der Waals surface area contributed by atoms with E-state index in [0.717, 1.165) is 16.9 Å². The molecule has 0 spiro atoms. The molecule has 1 aromatic heterocycles. The largest absolute Gasteiger partial charge is 0.399 e. The minimum absolute atomic E-state index is 0.298. The standard InChI is InChI=1S/C18H17N3/c1-18(13-6-4-7-14(19)12-13)17-10-5-11-21(17)16-9-3-2-8-15(16)20-18/h2-12,20H,19H2,1H3. The molecule has 0 saturated carbocycles. The van der Waals surface area contributed by atoms with E-state index in [4.69, 9.17) is 5.73 Å². The van der Waals surface area contributed by atoms with E-state index >= 15 is 0 Å². The van der Waals surface area contributed by atoms with Crippen LogP contribution in [0.5, 0.6) is 0 Å². The molecule has 2 aromatic carbocycles. The average molecular weight is 275 g/mol. The molecule has 3 aromatic rings. The summed E-state index contributed by atoms with van der Waals surface area (Å²) in [4.78, 5) is 0. The second-order valence-electron chi connectivity index (χ2n) is 5.66. The van der Waals surface area contributed by atoms with Gasteiger partial charge in [0.25, 0.3) is 0 Å². The number of nitrogens with zero attached hydrogens (tertiary/aromatic N) is 1. The van der Waals surface area contributed by atoms with Crippen LogP contribution >= 0.6 is 0 Å². The number of nitrogen functional groups attached to an aromatic ring is 1. The molecule has 1 aliphatic heterocycles. The van der Waals surface area contributed by atoms with Crippen molar-refractivity contribution in [1.82, 2.24) is 4.57 Å². The number of nitrogens with one attached hydrogen (secondary N) is 1. The van der Waals surface area contributed by atoms with Crippen LogP contribution in [-0.4, -0.2) is 4.57 Å². The maximum absolute atomic E-state index is 5.98. The summed E-state index contributed by atoms with van der Waals surface area (Å²) < 4.78 is 2.25. The van der Waals surface area contributed by atoms with Gasteiger partial charge < -0.3 is 15.6 Å². The molecule has 0 amide bonds. The van der Waals surface area contributed by atoms with E-state index in [-0.39, 0.29) is 5.54 Å². The summed E-state index contributed by atoms with van der Waals surface area (Å²) in [6.07, 6.45) is 2.11. The van der Waals surface area contributed by atoms with Gasteiger partial charge in [-0.3, -0.25) is 0 Å². The average Bonchev–Trinajstić information content (AvgIpc) is 2.98. The first-order valence-electron chi connectivity index (χ1n) is 7.10. The molecule has 3 heteroatoms. The molecule has 2 heterocycles. The van der Waals surface area contributed by atoms with Crippen LogP contribution in [0.25, 0.3) is 5.69 Å². The number of benzene rings is 2. The molecule has 104 valence electrons. The van der Waals surface area contributed by atoms with E-state index in [9.17, 15) is 0 Å². The van der Waals surface area contributed by atoms with Gasteiger partial charge in [0.2, 0.25) is 0 Å². The number of aromatic nitrogens is 1. The summed E-state index contributed by atoms with van der Waals surface area (Å²) in [6.45, 7) is 2.20. The lowest BCUT2D eigenvalue weighted by Gasteiger charge is -2.39. The summed E-state index contributed by atoms with van der Waals surface area (Å²) in [5.74, 6) is 0. The fourth-order valence-electron chi connectivity index (χ4n) is 3.19. The van der Waals surface area contributed by atoms with Gasteiger partial charge in [-0.2, -0.15) is 0 Å². The molecule has 0 saturated heterocycles. The molecule has 0 aliphatic carbocycles. The Morgan fingerprint density at radius 2 is 1.86 bits per heavy atom. The quantitative estimate of drug-likeness (QED) is 0.664. The van der Waals surface area contributed by atoms with Crippen molar-refractivity contribution in [3.63, 3.8) is 0 Å². The van der Waals surface area contributed by atoms with Crippen molar-refractivity contribution in [1.29, 1.82) is 0 Å². The van der Waals surface area contributed by atoms with Crippen molar-refractivity contribution < 1.29 is 0 Å². The monoisotopic (exact) mass is 275 g/mol. The van der Waals surface area contributed by atoms with E-state index in [0.29, 0.717) is 0 Å². The summed E-state index contributed by atoms with van der Waals surface area (Å²) >= 11 is 0. The van der Waals surface area contributed by atoms with Gasteiger partial charge >= 0.3 is 0 Å². The Labute approximate surface area is 124 Å². The zero-order chi connectivity index (χ0) is 14.4. The summed E-state index contributed by atoms with van der Waals surface area (Å²) in [6, 6.07) is 20.7. The maximum Gasteiger partial charge on any atom is 0.101 e. The lowest BCUT2D eigenvalue weighted by molar-refractivity contribution is 0.604. The third-order valence-electron chi connectivity index (χ3n) is 4.27. The topological polar surface area (TPSA) is 43.0 Å². The molecular formula is C18H17N3. The van der Waals surface area contributed by atoms with Gasteiger partial charge in [-0.15, -0.1) is 0 Å². The third-order valence-corrected chi connectivity index (χ3v) is 4.27. The van der Waals surface area contributed by atoms with Crippen LogP contribution in [0.4, 0.5) is 11.4 Å². The highest BCUT2D eigenvalue weighted by molar-refractivity contribution is 5.69. The molecule has 3 N–H and O–H groups in total. The molecule has 0 fully saturated rings. The van der Waals surface area contributed by atoms with Crippen molar-refractivity contribution in [3.8, 4) is 5.69 Å². The zero-order valence-electron chi connectivity index (χ0n) is 11.9. The van der Waals surface area contributed by atoms with Crippen molar-refractivity contribution in [2.75, 3.05) is 11.1 Å². The van der Waals surface area contributed by atoms with Gasteiger partial charge in [0, 0.05) is 11.9 Å². The molecule has 0 radical (unpaired) electrons. The Balaban J connectivity index is 1.97.